The minimum absolute atomic E-state index is 0.758. The topological polar surface area (TPSA) is 214 Å². The van der Waals surface area contributed by atoms with Crippen LogP contribution in [0.4, 0.5) is 0 Å². The summed E-state index contributed by atoms with van der Waals surface area (Å²) in [7, 11) is 1.37. The van der Waals surface area contributed by atoms with Crippen molar-refractivity contribution in [1.82, 2.24) is 21.3 Å². The second-order valence-corrected chi connectivity index (χ2v) is 6.00. The van der Waals surface area contributed by atoms with Gasteiger partial charge in [-0.05, 0) is 20.9 Å². The monoisotopic (exact) mass is 406 g/mol. The van der Waals surface area contributed by atoms with E-state index in [1.165, 1.54) is 14.0 Å². The van der Waals surface area contributed by atoms with Gasteiger partial charge in [-0.15, -0.1) is 0 Å². The molecule has 5 unspecified atom stereocenters. The maximum atomic E-state index is 12.4. The number of rotatable bonds is 12. The smallest absolute Gasteiger partial charge is 0.322 e. The van der Waals surface area contributed by atoms with Crippen LogP contribution in [-0.2, 0) is 24.0 Å². The number of likely N-dealkylation sites (N-methyl/N-ethyl adjacent to an activating group) is 1. The summed E-state index contributed by atoms with van der Waals surface area (Å²) in [5, 5.41) is 45.4. The lowest BCUT2D eigenvalue weighted by molar-refractivity contribution is -0.142. The van der Waals surface area contributed by atoms with Crippen LogP contribution >= 0.6 is 0 Å². The highest BCUT2D eigenvalue weighted by Gasteiger charge is 2.33. The molecule has 13 nitrogen and oxygen atoms in total. The largest absolute Gasteiger partial charge is 0.481 e. The molecule has 0 aliphatic heterocycles. The van der Waals surface area contributed by atoms with Gasteiger partial charge in [0.2, 0.25) is 17.7 Å². The zero-order chi connectivity index (χ0) is 22.0. The third kappa shape index (κ3) is 8.75. The Morgan fingerprint density at radius 1 is 0.786 bits per heavy atom. The zero-order valence-electron chi connectivity index (χ0n) is 15.6. The Bertz CT molecular complexity index is 594. The van der Waals surface area contributed by atoms with Gasteiger partial charge in [0.25, 0.3) is 0 Å². The third-order valence-corrected chi connectivity index (χ3v) is 3.56. The summed E-state index contributed by atoms with van der Waals surface area (Å²) in [6, 6.07) is -4.33. The maximum absolute atomic E-state index is 12.4. The molecule has 0 radical (unpaired) electrons. The minimum Gasteiger partial charge on any atom is -0.481 e. The van der Waals surface area contributed by atoms with E-state index >= 15 is 0 Å². The van der Waals surface area contributed by atoms with Gasteiger partial charge in [-0.25, -0.2) is 0 Å². The minimum atomic E-state index is -1.62. The first-order valence-corrected chi connectivity index (χ1v) is 8.26. The molecule has 160 valence electrons. The van der Waals surface area contributed by atoms with E-state index in [1.807, 2.05) is 5.32 Å². The molecule has 0 aliphatic rings. The molecular formula is C15H26N4O9. The Morgan fingerprint density at radius 2 is 1.32 bits per heavy atom. The number of aliphatic hydroxyl groups is 2. The van der Waals surface area contributed by atoms with Gasteiger partial charge in [-0.1, -0.05) is 0 Å². The standard InChI is InChI=1S/C15H26N4O9/c1-6(20)11(16-3)15(28)18-8(4-9(22)23)13(26)19-12(7(2)21)14(27)17-5-10(24)25/h6-8,11-12,16,20-21H,4-5H2,1-3H3,(H,17,27)(H,18,28)(H,19,26)(H,22,23)(H,24,25). The maximum Gasteiger partial charge on any atom is 0.322 e. The first kappa shape index (κ1) is 25.2. The Hall–Kier alpha value is -2.77. The Kier molecular flexibility index (Phi) is 10.7. The van der Waals surface area contributed by atoms with E-state index in [-0.39, 0.29) is 0 Å². The van der Waals surface area contributed by atoms with Crippen LogP contribution in [0.2, 0.25) is 0 Å². The fraction of sp³-hybridized carbons (Fsp3) is 0.667. The summed E-state index contributed by atoms with van der Waals surface area (Å²) in [5.41, 5.74) is 0. The van der Waals surface area contributed by atoms with Gasteiger partial charge in [0, 0.05) is 0 Å². The highest BCUT2D eigenvalue weighted by molar-refractivity contribution is 5.95. The van der Waals surface area contributed by atoms with Crippen LogP contribution < -0.4 is 21.3 Å². The number of carboxylic acid groups (broad SMARTS) is 2. The molecule has 0 aliphatic carbocycles. The Balaban J connectivity index is 5.30. The first-order chi connectivity index (χ1) is 12.9. The summed E-state index contributed by atoms with van der Waals surface area (Å²) in [4.78, 5) is 58.0. The Morgan fingerprint density at radius 3 is 1.71 bits per heavy atom. The lowest BCUT2D eigenvalue weighted by atomic mass is 10.1. The molecule has 0 spiro atoms. The quantitative estimate of drug-likeness (QED) is 0.157. The van der Waals surface area contributed by atoms with Crippen LogP contribution in [0.1, 0.15) is 20.3 Å². The molecule has 0 heterocycles. The van der Waals surface area contributed by atoms with E-state index in [2.05, 4.69) is 16.0 Å². The molecule has 3 amide bonds. The number of carboxylic acids is 2. The average Bonchev–Trinajstić information content (AvgIpc) is 2.56. The van der Waals surface area contributed by atoms with Crippen LogP contribution in [-0.4, -0.2) is 94.0 Å². The fourth-order valence-corrected chi connectivity index (χ4v) is 2.17. The van der Waals surface area contributed by atoms with Crippen molar-refractivity contribution >= 4 is 29.7 Å². The molecule has 8 N–H and O–H groups in total. The SMILES string of the molecule is CNC(C(=O)NC(CC(=O)O)C(=O)NC(C(=O)NCC(=O)O)C(C)O)C(C)O. The van der Waals surface area contributed by atoms with Crippen molar-refractivity contribution < 1.29 is 44.4 Å². The summed E-state index contributed by atoms with van der Waals surface area (Å²) in [6.07, 6.45) is -3.43. The highest BCUT2D eigenvalue weighted by atomic mass is 16.4. The van der Waals surface area contributed by atoms with Gasteiger partial charge in [-0.3, -0.25) is 24.0 Å². The number of nitrogens with one attached hydrogen (secondary N) is 4. The van der Waals surface area contributed by atoms with Crippen LogP contribution in [0.3, 0.4) is 0 Å². The van der Waals surface area contributed by atoms with E-state index in [0.29, 0.717) is 0 Å². The highest BCUT2D eigenvalue weighted by Crippen LogP contribution is 2.01. The number of aliphatic carboxylic acids is 2. The molecule has 0 rings (SSSR count). The second-order valence-electron chi connectivity index (χ2n) is 6.00. The summed E-state index contributed by atoms with van der Waals surface area (Å²) in [5.74, 6) is -5.74. The molecule has 0 saturated carbocycles. The van der Waals surface area contributed by atoms with Gasteiger partial charge < -0.3 is 41.7 Å². The number of carbonyl (C=O) groups is 5. The van der Waals surface area contributed by atoms with Gasteiger partial charge in [0.1, 0.15) is 24.7 Å². The van der Waals surface area contributed by atoms with E-state index in [1.54, 1.807) is 0 Å². The lowest BCUT2D eigenvalue weighted by Crippen LogP contribution is -2.60. The predicted molar refractivity (Wildman–Crippen MR) is 93.0 cm³/mol. The number of hydrogen-bond acceptors (Lipinski definition) is 8. The average molecular weight is 406 g/mol. The van der Waals surface area contributed by atoms with Gasteiger partial charge >= 0.3 is 11.9 Å². The number of amides is 3. The fourth-order valence-electron chi connectivity index (χ4n) is 2.17. The number of hydrogen-bond donors (Lipinski definition) is 8. The van der Waals surface area contributed by atoms with Crippen molar-refractivity contribution in [3.05, 3.63) is 0 Å². The van der Waals surface area contributed by atoms with Crippen LogP contribution in [0.25, 0.3) is 0 Å². The van der Waals surface area contributed by atoms with E-state index in [4.69, 9.17) is 10.2 Å². The molecule has 0 saturated heterocycles. The van der Waals surface area contributed by atoms with Crippen molar-refractivity contribution in [3.8, 4) is 0 Å². The van der Waals surface area contributed by atoms with Gasteiger partial charge in [-0.2, -0.15) is 0 Å². The van der Waals surface area contributed by atoms with Crippen molar-refractivity contribution in [3.63, 3.8) is 0 Å². The van der Waals surface area contributed by atoms with E-state index in [0.717, 1.165) is 6.92 Å². The predicted octanol–water partition coefficient (Wildman–Crippen LogP) is -4.02. The molecule has 0 aromatic heterocycles. The van der Waals surface area contributed by atoms with Gasteiger partial charge in [0.15, 0.2) is 0 Å². The van der Waals surface area contributed by atoms with Crippen molar-refractivity contribution in [2.75, 3.05) is 13.6 Å². The summed E-state index contributed by atoms with van der Waals surface area (Å²) >= 11 is 0. The van der Waals surface area contributed by atoms with E-state index < -0.39 is 73.0 Å². The number of aliphatic hydroxyl groups excluding tert-OH is 2. The van der Waals surface area contributed by atoms with Crippen molar-refractivity contribution in [1.29, 1.82) is 0 Å². The molecule has 0 bridgehead atoms. The van der Waals surface area contributed by atoms with Gasteiger partial charge in [0.05, 0.1) is 18.6 Å². The zero-order valence-corrected chi connectivity index (χ0v) is 15.6. The first-order valence-electron chi connectivity index (χ1n) is 8.26. The second kappa shape index (κ2) is 11.8. The van der Waals surface area contributed by atoms with Crippen LogP contribution in [0.5, 0.6) is 0 Å². The molecule has 13 heteroatoms. The molecule has 28 heavy (non-hydrogen) atoms. The third-order valence-electron chi connectivity index (χ3n) is 3.56. The molecular weight excluding hydrogens is 380 g/mol. The number of carbonyl (C=O) groups excluding carboxylic acids is 3. The molecule has 0 fully saturated rings. The van der Waals surface area contributed by atoms with Crippen LogP contribution in [0.15, 0.2) is 0 Å². The van der Waals surface area contributed by atoms with Crippen molar-refractivity contribution in [2.45, 2.75) is 50.6 Å². The molecule has 5 atom stereocenters. The normalized spacial score (nSPS) is 16.0. The van der Waals surface area contributed by atoms with E-state index in [9.17, 15) is 34.2 Å². The van der Waals surface area contributed by atoms with Crippen LogP contribution in [0, 0.1) is 0 Å². The molecule has 0 aromatic rings. The molecule has 0 aromatic carbocycles. The van der Waals surface area contributed by atoms with Crippen molar-refractivity contribution in [2.24, 2.45) is 0 Å². The summed E-state index contributed by atoms with van der Waals surface area (Å²) < 4.78 is 0. The lowest BCUT2D eigenvalue weighted by Gasteiger charge is -2.25. The Labute approximate surface area is 160 Å². The summed E-state index contributed by atoms with van der Waals surface area (Å²) in [6.45, 7) is 1.70.